The van der Waals surface area contributed by atoms with Crippen LogP contribution in [0.4, 0.5) is 11.4 Å². The molecule has 0 saturated carbocycles. The molecule has 0 saturated heterocycles. The van der Waals surface area contributed by atoms with E-state index in [9.17, 15) is 4.79 Å². The number of nitrogens with two attached hydrogens (primary N) is 1. The number of amides is 1. The zero-order chi connectivity index (χ0) is 15.4. The number of carbonyl (C=O) groups excluding carboxylic acids is 1. The van der Waals surface area contributed by atoms with Crippen molar-refractivity contribution in [3.05, 3.63) is 46.7 Å². The maximum Gasteiger partial charge on any atom is 0.258 e. The van der Waals surface area contributed by atoms with Gasteiger partial charge in [0.15, 0.2) is 0 Å². The first-order valence-electron chi connectivity index (χ1n) is 6.13. The molecule has 1 aromatic carbocycles. The normalized spacial score (nSPS) is 10.1. The Morgan fingerprint density at radius 1 is 1.38 bits per heavy atom. The second-order valence-electron chi connectivity index (χ2n) is 4.32. The Morgan fingerprint density at radius 2 is 2.14 bits per heavy atom. The third kappa shape index (κ3) is 3.24. The minimum atomic E-state index is -0.328. The third-order valence-corrected chi connectivity index (χ3v) is 3.36. The lowest BCUT2D eigenvalue weighted by Crippen LogP contribution is -2.17. The Hall–Kier alpha value is -2.31. The fourth-order valence-corrected chi connectivity index (χ4v) is 1.98. The maximum absolute atomic E-state index is 12.3. The molecule has 2 aromatic rings. The van der Waals surface area contributed by atoms with Crippen LogP contribution in [0.25, 0.3) is 0 Å². The van der Waals surface area contributed by atoms with Crippen molar-refractivity contribution in [2.45, 2.75) is 6.92 Å². The summed E-state index contributed by atoms with van der Waals surface area (Å²) in [5, 5.41) is 3.34. The molecule has 0 aliphatic carbocycles. The van der Waals surface area contributed by atoms with E-state index in [2.05, 4.69) is 15.7 Å². The number of benzene rings is 1. The number of methoxy groups -OCH3 is 1. The highest BCUT2D eigenvalue weighted by atomic mass is 35.5. The molecule has 2 rings (SSSR count). The van der Waals surface area contributed by atoms with Crippen molar-refractivity contribution in [3.63, 3.8) is 0 Å². The standard InChI is InChI=1S/C14H15ClN4O2/c1-8-5-11(13(21-2)6-10(8)15)18-14(20)9-3-4-17-7-12(9)19-16/h3-7,19H,16H2,1-2H3,(H,18,20). The summed E-state index contributed by atoms with van der Waals surface area (Å²) in [7, 11) is 1.51. The van der Waals surface area contributed by atoms with Crippen molar-refractivity contribution < 1.29 is 9.53 Å². The van der Waals surface area contributed by atoms with E-state index < -0.39 is 0 Å². The molecule has 0 aliphatic heterocycles. The van der Waals surface area contributed by atoms with Gasteiger partial charge < -0.3 is 15.5 Å². The fourth-order valence-electron chi connectivity index (χ4n) is 1.83. The second-order valence-corrected chi connectivity index (χ2v) is 4.73. The zero-order valence-corrected chi connectivity index (χ0v) is 12.4. The summed E-state index contributed by atoms with van der Waals surface area (Å²) in [6.07, 6.45) is 2.99. The van der Waals surface area contributed by atoms with Gasteiger partial charge in [0.2, 0.25) is 0 Å². The number of ether oxygens (including phenoxy) is 1. The number of hydrogen-bond donors (Lipinski definition) is 3. The molecule has 1 heterocycles. The molecule has 0 bridgehead atoms. The summed E-state index contributed by atoms with van der Waals surface area (Å²) in [6, 6.07) is 4.97. The molecule has 0 aliphatic rings. The number of nitrogens with zero attached hydrogens (tertiary/aromatic N) is 1. The number of rotatable bonds is 4. The highest BCUT2D eigenvalue weighted by molar-refractivity contribution is 6.31. The van der Waals surface area contributed by atoms with Gasteiger partial charge in [-0.25, -0.2) is 0 Å². The first-order chi connectivity index (χ1) is 10.1. The van der Waals surface area contributed by atoms with Gasteiger partial charge in [-0.1, -0.05) is 11.6 Å². The lowest BCUT2D eigenvalue weighted by Gasteiger charge is -2.13. The number of anilines is 2. The fraction of sp³-hybridized carbons (Fsp3) is 0.143. The molecule has 1 aromatic heterocycles. The SMILES string of the molecule is COc1cc(Cl)c(C)cc1NC(=O)c1ccncc1NN. The molecule has 0 unspecified atom stereocenters. The number of carbonyl (C=O) groups is 1. The molecule has 0 spiro atoms. The summed E-state index contributed by atoms with van der Waals surface area (Å²) in [4.78, 5) is 16.2. The van der Waals surface area contributed by atoms with Crippen LogP contribution in [0, 0.1) is 6.92 Å². The molecule has 0 atom stereocenters. The van der Waals surface area contributed by atoms with Crippen LogP contribution in [0.3, 0.4) is 0 Å². The van der Waals surface area contributed by atoms with Gasteiger partial charge in [-0.15, -0.1) is 0 Å². The summed E-state index contributed by atoms with van der Waals surface area (Å²) < 4.78 is 5.22. The largest absolute Gasteiger partial charge is 0.495 e. The topological polar surface area (TPSA) is 89.3 Å². The number of hydrazine groups is 1. The van der Waals surface area contributed by atoms with E-state index in [0.29, 0.717) is 27.7 Å². The van der Waals surface area contributed by atoms with E-state index >= 15 is 0 Å². The van der Waals surface area contributed by atoms with Gasteiger partial charge in [-0.05, 0) is 24.6 Å². The quantitative estimate of drug-likeness (QED) is 0.597. The van der Waals surface area contributed by atoms with Crippen LogP contribution in [0.5, 0.6) is 5.75 Å². The van der Waals surface area contributed by atoms with Crippen LogP contribution in [0.15, 0.2) is 30.6 Å². The molecule has 21 heavy (non-hydrogen) atoms. The molecular formula is C14H15ClN4O2. The van der Waals surface area contributed by atoms with Crippen LogP contribution in [-0.4, -0.2) is 18.0 Å². The first kappa shape index (κ1) is 15.1. The van der Waals surface area contributed by atoms with Crippen LogP contribution >= 0.6 is 11.6 Å². The first-order valence-corrected chi connectivity index (χ1v) is 6.50. The van der Waals surface area contributed by atoms with Gasteiger partial charge in [0.1, 0.15) is 5.75 Å². The molecule has 110 valence electrons. The predicted molar refractivity (Wildman–Crippen MR) is 82.7 cm³/mol. The van der Waals surface area contributed by atoms with Crippen molar-refractivity contribution in [3.8, 4) is 5.75 Å². The van der Waals surface area contributed by atoms with Crippen molar-refractivity contribution in [1.29, 1.82) is 0 Å². The molecule has 1 amide bonds. The molecule has 6 nitrogen and oxygen atoms in total. The highest BCUT2D eigenvalue weighted by Crippen LogP contribution is 2.31. The number of aryl methyl sites for hydroxylation is 1. The van der Waals surface area contributed by atoms with E-state index in [0.717, 1.165) is 5.56 Å². The molecule has 7 heteroatoms. The van der Waals surface area contributed by atoms with Crippen molar-refractivity contribution >= 4 is 28.9 Å². The number of nitrogens with one attached hydrogen (secondary N) is 2. The van der Waals surface area contributed by atoms with Crippen LogP contribution in [-0.2, 0) is 0 Å². The van der Waals surface area contributed by atoms with Crippen LogP contribution in [0.1, 0.15) is 15.9 Å². The number of nitrogen functional groups attached to an aromatic ring is 1. The van der Waals surface area contributed by atoms with Gasteiger partial charge in [-0.2, -0.15) is 0 Å². The average Bonchev–Trinajstić information content (AvgIpc) is 2.50. The molecular weight excluding hydrogens is 292 g/mol. The van der Waals surface area contributed by atoms with E-state index in [1.165, 1.54) is 19.5 Å². The summed E-state index contributed by atoms with van der Waals surface area (Å²) in [5.74, 6) is 5.52. The number of hydrogen-bond acceptors (Lipinski definition) is 5. The number of halogens is 1. The van der Waals surface area contributed by atoms with Crippen LogP contribution < -0.4 is 21.3 Å². The average molecular weight is 307 g/mol. The summed E-state index contributed by atoms with van der Waals surface area (Å²) in [5.41, 5.74) is 4.61. The smallest absolute Gasteiger partial charge is 0.258 e. The minimum Gasteiger partial charge on any atom is -0.495 e. The Morgan fingerprint density at radius 3 is 2.81 bits per heavy atom. The summed E-state index contributed by atoms with van der Waals surface area (Å²) in [6.45, 7) is 1.84. The molecule has 0 fully saturated rings. The minimum absolute atomic E-state index is 0.328. The van der Waals surface area contributed by atoms with E-state index in [1.54, 1.807) is 18.2 Å². The van der Waals surface area contributed by atoms with E-state index in [-0.39, 0.29) is 5.91 Å². The van der Waals surface area contributed by atoms with Gasteiger partial charge in [0.25, 0.3) is 5.91 Å². The van der Waals surface area contributed by atoms with Gasteiger partial charge in [0, 0.05) is 17.3 Å². The Labute approximate surface area is 127 Å². The zero-order valence-electron chi connectivity index (χ0n) is 11.6. The molecule has 0 radical (unpaired) electrons. The monoisotopic (exact) mass is 306 g/mol. The maximum atomic E-state index is 12.3. The van der Waals surface area contributed by atoms with E-state index in [1.807, 2.05) is 6.92 Å². The van der Waals surface area contributed by atoms with Gasteiger partial charge >= 0.3 is 0 Å². The molecule has 4 N–H and O–H groups in total. The van der Waals surface area contributed by atoms with Gasteiger partial charge in [-0.3, -0.25) is 15.6 Å². The lowest BCUT2D eigenvalue weighted by atomic mass is 10.1. The van der Waals surface area contributed by atoms with Crippen molar-refractivity contribution in [2.75, 3.05) is 17.9 Å². The van der Waals surface area contributed by atoms with E-state index in [4.69, 9.17) is 22.2 Å². The number of pyridine rings is 1. The van der Waals surface area contributed by atoms with Crippen molar-refractivity contribution in [2.24, 2.45) is 5.84 Å². The summed E-state index contributed by atoms with van der Waals surface area (Å²) >= 11 is 6.04. The Kier molecular flexibility index (Phi) is 4.62. The second kappa shape index (κ2) is 6.43. The Balaban J connectivity index is 2.33. The third-order valence-electron chi connectivity index (χ3n) is 2.95. The van der Waals surface area contributed by atoms with Gasteiger partial charge in [0.05, 0.1) is 30.2 Å². The lowest BCUT2D eigenvalue weighted by molar-refractivity contribution is 0.102. The highest BCUT2D eigenvalue weighted by Gasteiger charge is 2.14. The Bertz CT molecular complexity index is 676. The predicted octanol–water partition coefficient (Wildman–Crippen LogP) is 2.59. The van der Waals surface area contributed by atoms with Crippen molar-refractivity contribution in [1.82, 2.24) is 4.98 Å². The number of aromatic nitrogens is 1. The van der Waals surface area contributed by atoms with Crippen LogP contribution in [0.2, 0.25) is 5.02 Å².